The molecule has 2 amide bonds. The van der Waals surface area contributed by atoms with Crippen molar-refractivity contribution in [3.05, 3.63) is 34.8 Å². The van der Waals surface area contributed by atoms with Crippen LogP contribution in [0.25, 0.3) is 0 Å². The third kappa shape index (κ3) is 5.40. The molecule has 2 rings (SSSR count). The molecule has 0 fully saturated rings. The van der Waals surface area contributed by atoms with Gasteiger partial charge in [-0.2, -0.15) is 0 Å². The molecule has 124 valence electrons. The van der Waals surface area contributed by atoms with Crippen molar-refractivity contribution in [3.8, 4) is 5.75 Å². The highest BCUT2D eigenvalue weighted by atomic mass is 32.1. The number of aromatic nitrogens is 2. The van der Waals surface area contributed by atoms with E-state index < -0.39 is 18.4 Å². The van der Waals surface area contributed by atoms with E-state index in [1.54, 1.807) is 13.8 Å². The maximum Gasteiger partial charge on any atom is 0.573 e. The van der Waals surface area contributed by atoms with Gasteiger partial charge in [0.25, 0.3) is 0 Å². The number of anilines is 1. The highest BCUT2D eigenvalue weighted by Gasteiger charge is 2.31. The van der Waals surface area contributed by atoms with Crippen LogP contribution in [-0.2, 0) is 0 Å². The average Bonchev–Trinajstić information content (AvgIpc) is 2.82. The monoisotopic (exact) mass is 346 g/mol. The molecule has 1 heterocycles. The van der Waals surface area contributed by atoms with Gasteiger partial charge < -0.3 is 10.1 Å². The quantitative estimate of drug-likeness (QED) is 0.886. The van der Waals surface area contributed by atoms with Gasteiger partial charge in [0.15, 0.2) is 0 Å². The molecule has 0 radical (unpaired) electrons. The maximum absolute atomic E-state index is 12.1. The largest absolute Gasteiger partial charge is 0.573 e. The van der Waals surface area contributed by atoms with Crippen molar-refractivity contribution < 1.29 is 22.7 Å². The fourth-order valence-corrected chi connectivity index (χ4v) is 2.31. The number of amides is 2. The van der Waals surface area contributed by atoms with E-state index in [9.17, 15) is 18.0 Å². The molecule has 1 atom stereocenters. The number of carbonyl (C=O) groups excluding carboxylic acids is 1. The minimum Gasteiger partial charge on any atom is -0.406 e. The van der Waals surface area contributed by atoms with Gasteiger partial charge in [0, 0.05) is 0 Å². The summed E-state index contributed by atoms with van der Waals surface area (Å²) in [5, 5.41) is 13.8. The molecule has 10 heteroatoms. The third-order valence-electron chi connectivity index (χ3n) is 2.71. The first-order chi connectivity index (χ1) is 10.7. The van der Waals surface area contributed by atoms with Crippen molar-refractivity contribution >= 4 is 22.5 Å². The van der Waals surface area contributed by atoms with Gasteiger partial charge in [-0.1, -0.05) is 23.5 Å². The van der Waals surface area contributed by atoms with E-state index >= 15 is 0 Å². The molecular weight excluding hydrogens is 333 g/mol. The van der Waals surface area contributed by atoms with E-state index in [2.05, 4.69) is 25.6 Å². The summed E-state index contributed by atoms with van der Waals surface area (Å²) < 4.78 is 40.0. The molecule has 0 aliphatic rings. The minimum absolute atomic E-state index is 0.317. The maximum atomic E-state index is 12.1. The van der Waals surface area contributed by atoms with Gasteiger partial charge in [-0.3, -0.25) is 5.32 Å². The Labute approximate surface area is 133 Å². The van der Waals surface area contributed by atoms with Crippen LogP contribution in [0.2, 0.25) is 0 Å². The number of hydrogen-bond acceptors (Lipinski definition) is 5. The number of urea groups is 1. The Morgan fingerprint density at radius 2 is 1.91 bits per heavy atom. The predicted molar refractivity (Wildman–Crippen MR) is 78.3 cm³/mol. The second kappa shape index (κ2) is 6.82. The zero-order chi connectivity index (χ0) is 17.0. The van der Waals surface area contributed by atoms with Crippen LogP contribution in [0.3, 0.4) is 0 Å². The average molecular weight is 346 g/mol. The fourth-order valence-electron chi connectivity index (χ4n) is 1.72. The van der Waals surface area contributed by atoms with Crippen molar-refractivity contribution in [1.29, 1.82) is 0 Å². The van der Waals surface area contributed by atoms with Gasteiger partial charge in [0.1, 0.15) is 10.8 Å². The highest BCUT2D eigenvalue weighted by Crippen LogP contribution is 2.24. The summed E-state index contributed by atoms with van der Waals surface area (Å²) in [6.45, 7) is 3.46. The predicted octanol–water partition coefficient (Wildman–Crippen LogP) is 3.63. The summed E-state index contributed by atoms with van der Waals surface area (Å²) >= 11 is 1.23. The van der Waals surface area contributed by atoms with Crippen molar-refractivity contribution in [3.63, 3.8) is 0 Å². The Morgan fingerprint density at radius 1 is 1.26 bits per heavy atom. The number of rotatable bonds is 4. The molecular formula is C13H13F3N4O2S. The van der Waals surface area contributed by atoms with Gasteiger partial charge in [0.05, 0.1) is 6.04 Å². The van der Waals surface area contributed by atoms with Crippen LogP contribution in [0.4, 0.5) is 23.1 Å². The van der Waals surface area contributed by atoms with E-state index in [0.717, 1.165) is 0 Å². The fraction of sp³-hybridized carbons (Fsp3) is 0.308. The number of aryl methyl sites for hydroxylation is 1. The van der Waals surface area contributed by atoms with Gasteiger partial charge >= 0.3 is 12.4 Å². The lowest BCUT2D eigenvalue weighted by atomic mass is 10.1. The number of nitrogens with zero attached hydrogens (tertiary/aromatic N) is 2. The molecule has 0 spiro atoms. The zero-order valence-electron chi connectivity index (χ0n) is 12.1. The molecule has 0 aliphatic heterocycles. The summed E-state index contributed by atoms with van der Waals surface area (Å²) in [5.74, 6) is -0.317. The van der Waals surface area contributed by atoms with Crippen LogP contribution in [0.1, 0.15) is 23.5 Å². The number of alkyl halides is 3. The van der Waals surface area contributed by atoms with Crippen molar-refractivity contribution in [2.75, 3.05) is 5.32 Å². The number of ether oxygens (including phenoxy) is 1. The molecule has 1 aromatic heterocycles. The topological polar surface area (TPSA) is 76.1 Å². The third-order valence-corrected chi connectivity index (χ3v) is 3.46. The normalized spacial score (nSPS) is 12.6. The Balaban J connectivity index is 1.92. The van der Waals surface area contributed by atoms with Crippen LogP contribution in [-0.4, -0.2) is 22.6 Å². The SMILES string of the molecule is Cc1nnc(NC(=O)N[C@@H](C)c2ccc(OC(F)(F)F)cc2)s1. The summed E-state index contributed by atoms with van der Waals surface area (Å²) in [5.41, 5.74) is 0.628. The number of carbonyl (C=O) groups is 1. The van der Waals surface area contributed by atoms with Crippen LogP contribution < -0.4 is 15.4 Å². The standard InChI is InChI=1S/C13H13F3N4O2S/c1-7(17-11(21)18-12-20-19-8(2)23-12)9-3-5-10(6-4-9)22-13(14,15)16/h3-7H,1-2H3,(H2,17,18,20,21)/t7-/m0/s1. The number of benzene rings is 1. The molecule has 0 saturated heterocycles. The van der Waals surface area contributed by atoms with Gasteiger partial charge in [-0.25, -0.2) is 4.79 Å². The number of hydrogen-bond donors (Lipinski definition) is 2. The molecule has 0 aliphatic carbocycles. The van der Waals surface area contributed by atoms with Gasteiger partial charge in [-0.05, 0) is 31.5 Å². The molecule has 23 heavy (non-hydrogen) atoms. The Bertz CT molecular complexity index is 673. The molecule has 0 bridgehead atoms. The Kier molecular flexibility index (Phi) is 5.04. The van der Waals surface area contributed by atoms with Gasteiger partial charge in [0.2, 0.25) is 5.13 Å². The zero-order valence-corrected chi connectivity index (χ0v) is 13.0. The molecule has 6 nitrogen and oxygen atoms in total. The highest BCUT2D eigenvalue weighted by molar-refractivity contribution is 7.15. The summed E-state index contributed by atoms with van der Waals surface area (Å²) in [7, 11) is 0. The molecule has 0 saturated carbocycles. The lowest BCUT2D eigenvalue weighted by Gasteiger charge is -2.15. The first-order valence-electron chi connectivity index (χ1n) is 6.46. The first-order valence-corrected chi connectivity index (χ1v) is 7.28. The summed E-state index contributed by atoms with van der Waals surface area (Å²) in [6.07, 6.45) is -4.73. The second-order valence-corrected chi connectivity index (χ2v) is 5.74. The van der Waals surface area contributed by atoms with Gasteiger partial charge in [-0.15, -0.1) is 23.4 Å². The lowest BCUT2D eigenvalue weighted by Crippen LogP contribution is -2.31. The molecule has 2 aromatic rings. The first kappa shape index (κ1) is 17.0. The van der Waals surface area contributed by atoms with Crippen molar-refractivity contribution in [2.45, 2.75) is 26.3 Å². The van der Waals surface area contributed by atoms with E-state index in [1.807, 2.05) is 0 Å². The van der Waals surface area contributed by atoms with Crippen LogP contribution >= 0.6 is 11.3 Å². The van der Waals surface area contributed by atoms with Crippen LogP contribution in [0, 0.1) is 6.92 Å². The second-order valence-electron chi connectivity index (χ2n) is 4.56. The van der Waals surface area contributed by atoms with E-state index in [0.29, 0.717) is 15.7 Å². The minimum atomic E-state index is -4.73. The smallest absolute Gasteiger partial charge is 0.406 e. The number of nitrogens with one attached hydrogen (secondary N) is 2. The summed E-state index contributed by atoms with van der Waals surface area (Å²) in [6, 6.07) is 4.37. The van der Waals surface area contributed by atoms with Crippen molar-refractivity contribution in [1.82, 2.24) is 15.5 Å². The summed E-state index contributed by atoms with van der Waals surface area (Å²) in [4.78, 5) is 11.8. The molecule has 0 unspecified atom stereocenters. The molecule has 1 aromatic carbocycles. The Morgan fingerprint density at radius 3 is 2.43 bits per heavy atom. The molecule has 2 N–H and O–H groups in total. The number of halogens is 3. The van der Waals surface area contributed by atoms with Crippen molar-refractivity contribution in [2.24, 2.45) is 0 Å². The Hall–Kier alpha value is -2.36. The van der Waals surface area contributed by atoms with Crippen LogP contribution in [0.5, 0.6) is 5.75 Å². The van der Waals surface area contributed by atoms with Crippen LogP contribution in [0.15, 0.2) is 24.3 Å². The van der Waals surface area contributed by atoms with E-state index in [-0.39, 0.29) is 5.75 Å². The van der Waals surface area contributed by atoms with E-state index in [4.69, 9.17) is 0 Å². The lowest BCUT2D eigenvalue weighted by molar-refractivity contribution is -0.274. The van der Waals surface area contributed by atoms with E-state index in [1.165, 1.54) is 35.6 Å².